The van der Waals surface area contributed by atoms with Crippen LogP contribution in [0.25, 0.3) is 11.3 Å². The molecule has 0 bridgehead atoms. The summed E-state index contributed by atoms with van der Waals surface area (Å²) in [6.07, 6.45) is 0. The van der Waals surface area contributed by atoms with E-state index in [-0.39, 0.29) is 16.8 Å². The Labute approximate surface area is 96.8 Å². The van der Waals surface area contributed by atoms with E-state index in [1.54, 1.807) is 25.1 Å². The van der Waals surface area contributed by atoms with E-state index >= 15 is 0 Å². The minimum Gasteiger partial charge on any atom is -0.290 e. The van der Waals surface area contributed by atoms with Gasteiger partial charge in [0.05, 0.1) is 5.56 Å². The second kappa shape index (κ2) is 4.34. The molecule has 0 radical (unpaired) electrons. The van der Waals surface area contributed by atoms with E-state index in [9.17, 15) is 9.18 Å². The molecule has 1 aromatic heterocycles. The number of nitrogens with zero attached hydrogens (tertiary/aromatic N) is 1. The summed E-state index contributed by atoms with van der Waals surface area (Å²) in [5.41, 5.74) is 3.31. The second-order valence-corrected chi connectivity index (χ2v) is 3.53. The summed E-state index contributed by atoms with van der Waals surface area (Å²) in [7, 11) is 0. The molecule has 0 aliphatic carbocycles. The van der Waals surface area contributed by atoms with Crippen LogP contribution in [0.5, 0.6) is 0 Å². The van der Waals surface area contributed by atoms with Gasteiger partial charge < -0.3 is 0 Å². The standard InChI is InChI=1S/C11H11FN4O/c1-6-9(11(17)14-13)10(16-15-6)7-4-2-3-5-8(7)12/h2-5H,13H2,1H3,(H,14,17)(H,15,16). The van der Waals surface area contributed by atoms with E-state index in [0.29, 0.717) is 5.69 Å². The topological polar surface area (TPSA) is 83.8 Å². The Kier molecular flexibility index (Phi) is 2.88. The molecule has 0 saturated heterocycles. The number of aryl methyl sites for hydroxylation is 1. The molecule has 1 aromatic carbocycles. The van der Waals surface area contributed by atoms with E-state index < -0.39 is 11.7 Å². The largest absolute Gasteiger partial charge is 0.290 e. The SMILES string of the molecule is Cc1[nH]nc(-c2ccccc2F)c1C(=O)NN. The van der Waals surface area contributed by atoms with Crippen LogP contribution in [0.4, 0.5) is 4.39 Å². The fourth-order valence-corrected chi connectivity index (χ4v) is 1.63. The zero-order chi connectivity index (χ0) is 12.4. The molecule has 0 unspecified atom stereocenters. The van der Waals surface area contributed by atoms with Crippen molar-refractivity contribution < 1.29 is 9.18 Å². The van der Waals surface area contributed by atoms with Crippen molar-refractivity contribution in [3.05, 3.63) is 41.3 Å². The molecule has 17 heavy (non-hydrogen) atoms. The van der Waals surface area contributed by atoms with Crippen LogP contribution in [-0.4, -0.2) is 16.1 Å². The van der Waals surface area contributed by atoms with Gasteiger partial charge >= 0.3 is 0 Å². The molecule has 0 fully saturated rings. The molecule has 0 saturated carbocycles. The Morgan fingerprint density at radius 3 is 2.82 bits per heavy atom. The van der Waals surface area contributed by atoms with Crippen LogP contribution in [-0.2, 0) is 0 Å². The third-order valence-electron chi connectivity index (χ3n) is 2.43. The average molecular weight is 234 g/mol. The van der Waals surface area contributed by atoms with Crippen LogP contribution in [0, 0.1) is 12.7 Å². The summed E-state index contributed by atoms with van der Waals surface area (Å²) in [4.78, 5) is 11.6. The van der Waals surface area contributed by atoms with Crippen molar-refractivity contribution in [1.29, 1.82) is 0 Å². The fourth-order valence-electron chi connectivity index (χ4n) is 1.63. The van der Waals surface area contributed by atoms with Crippen molar-refractivity contribution in [3.63, 3.8) is 0 Å². The first-order chi connectivity index (χ1) is 8.15. The molecule has 4 N–H and O–H groups in total. The number of nitrogen functional groups attached to an aromatic ring is 1. The third-order valence-corrected chi connectivity index (χ3v) is 2.43. The number of benzene rings is 1. The Hall–Kier alpha value is -2.21. The predicted molar refractivity (Wildman–Crippen MR) is 60.4 cm³/mol. The van der Waals surface area contributed by atoms with E-state index in [1.807, 2.05) is 5.43 Å². The summed E-state index contributed by atoms with van der Waals surface area (Å²) < 4.78 is 13.6. The summed E-state index contributed by atoms with van der Waals surface area (Å²) >= 11 is 0. The van der Waals surface area contributed by atoms with Gasteiger partial charge in [0.1, 0.15) is 11.5 Å². The second-order valence-electron chi connectivity index (χ2n) is 3.53. The summed E-state index contributed by atoms with van der Waals surface area (Å²) in [5.74, 6) is 4.14. The maximum absolute atomic E-state index is 13.6. The smallest absolute Gasteiger partial charge is 0.269 e. The summed E-state index contributed by atoms with van der Waals surface area (Å²) in [5, 5.41) is 6.58. The normalized spacial score (nSPS) is 10.3. The lowest BCUT2D eigenvalue weighted by Crippen LogP contribution is -2.30. The predicted octanol–water partition coefficient (Wildman–Crippen LogP) is 1.13. The molecule has 0 aliphatic heterocycles. The van der Waals surface area contributed by atoms with Gasteiger partial charge in [-0.2, -0.15) is 5.10 Å². The highest BCUT2D eigenvalue weighted by atomic mass is 19.1. The lowest BCUT2D eigenvalue weighted by Gasteiger charge is -2.03. The van der Waals surface area contributed by atoms with Gasteiger partial charge in [0.15, 0.2) is 0 Å². The van der Waals surface area contributed by atoms with Crippen LogP contribution in [0.1, 0.15) is 16.1 Å². The number of halogens is 1. The van der Waals surface area contributed by atoms with Crippen molar-refractivity contribution in [2.24, 2.45) is 5.84 Å². The number of aromatic nitrogens is 2. The van der Waals surface area contributed by atoms with Gasteiger partial charge in [0.2, 0.25) is 0 Å². The number of aromatic amines is 1. The molecular formula is C11H11FN4O. The van der Waals surface area contributed by atoms with Crippen molar-refractivity contribution in [2.45, 2.75) is 6.92 Å². The van der Waals surface area contributed by atoms with Gasteiger partial charge in [-0.1, -0.05) is 12.1 Å². The molecule has 0 spiro atoms. The van der Waals surface area contributed by atoms with E-state index in [0.717, 1.165) is 0 Å². The Morgan fingerprint density at radius 2 is 2.18 bits per heavy atom. The van der Waals surface area contributed by atoms with E-state index in [2.05, 4.69) is 10.2 Å². The van der Waals surface area contributed by atoms with Crippen LogP contribution < -0.4 is 11.3 Å². The van der Waals surface area contributed by atoms with Gasteiger partial charge in [0.25, 0.3) is 5.91 Å². The zero-order valence-electron chi connectivity index (χ0n) is 9.12. The van der Waals surface area contributed by atoms with Crippen LogP contribution >= 0.6 is 0 Å². The lowest BCUT2D eigenvalue weighted by molar-refractivity contribution is 0.0954. The molecule has 1 heterocycles. The quantitative estimate of drug-likeness (QED) is 0.413. The number of carbonyl (C=O) groups is 1. The molecule has 5 nitrogen and oxygen atoms in total. The van der Waals surface area contributed by atoms with Crippen LogP contribution in [0.15, 0.2) is 24.3 Å². The highest BCUT2D eigenvalue weighted by Crippen LogP contribution is 2.25. The number of hydrazine groups is 1. The zero-order valence-corrected chi connectivity index (χ0v) is 9.12. The van der Waals surface area contributed by atoms with E-state index in [1.165, 1.54) is 6.07 Å². The number of rotatable bonds is 2. The molecular weight excluding hydrogens is 223 g/mol. The average Bonchev–Trinajstić information content (AvgIpc) is 2.71. The molecule has 2 rings (SSSR count). The number of amides is 1. The maximum atomic E-state index is 13.6. The third kappa shape index (κ3) is 1.90. The Balaban J connectivity index is 2.61. The van der Waals surface area contributed by atoms with Gasteiger partial charge in [-0.3, -0.25) is 15.3 Å². The number of nitrogens with two attached hydrogens (primary N) is 1. The molecule has 0 aliphatic rings. The number of nitrogens with one attached hydrogen (secondary N) is 2. The molecule has 2 aromatic rings. The van der Waals surface area contributed by atoms with Gasteiger partial charge in [0, 0.05) is 11.3 Å². The van der Waals surface area contributed by atoms with Crippen molar-refractivity contribution in [3.8, 4) is 11.3 Å². The number of hydrogen-bond donors (Lipinski definition) is 3. The van der Waals surface area contributed by atoms with E-state index in [4.69, 9.17) is 5.84 Å². The molecule has 0 atom stereocenters. The highest BCUT2D eigenvalue weighted by Gasteiger charge is 2.20. The first-order valence-electron chi connectivity index (χ1n) is 4.96. The Bertz CT molecular complexity index is 564. The van der Waals surface area contributed by atoms with Crippen LogP contribution in [0.2, 0.25) is 0 Å². The monoisotopic (exact) mass is 234 g/mol. The van der Waals surface area contributed by atoms with Gasteiger partial charge in [-0.15, -0.1) is 0 Å². The molecule has 6 heteroatoms. The van der Waals surface area contributed by atoms with Gasteiger partial charge in [-0.25, -0.2) is 10.2 Å². The maximum Gasteiger partial charge on any atom is 0.269 e. The van der Waals surface area contributed by atoms with Gasteiger partial charge in [-0.05, 0) is 19.1 Å². The first kappa shape index (κ1) is 11.3. The van der Waals surface area contributed by atoms with Crippen LogP contribution in [0.3, 0.4) is 0 Å². The minimum atomic E-state index is -0.505. The number of carbonyl (C=O) groups excluding carboxylic acids is 1. The fraction of sp³-hybridized carbons (Fsp3) is 0.0909. The number of hydrogen-bond acceptors (Lipinski definition) is 3. The highest BCUT2D eigenvalue weighted by molar-refractivity contribution is 6.00. The van der Waals surface area contributed by atoms with Crippen molar-refractivity contribution in [2.75, 3.05) is 0 Å². The Morgan fingerprint density at radius 1 is 1.47 bits per heavy atom. The summed E-state index contributed by atoms with van der Waals surface area (Å²) in [6, 6.07) is 6.11. The molecule has 1 amide bonds. The summed E-state index contributed by atoms with van der Waals surface area (Å²) in [6.45, 7) is 1.67. The number of H-pyrrole nitrogens is 1. The molecule has 88 valence electrons. The van der Waals surface area contributed by atoms with Crippen molar-refractivity contribution >= 4 is 5.91 Å². The van der Waals surface area contributed by atoms with Crippen molar-refractivity contribution in [1.82, 2.24) is 15.6 Å². The lowest BCUT2D eigenvalue weighted by atomic mass is 10.1. The first-order valence-corrected chi connectivity index (χ1v) is 4.96. The minimum absolute atomic E-state index is 0.248.